The van der Waals surface area contributed by atoms with Crippen LogP contribution in [0.15, 0.2) is 24.3 Å². The van der Waals surface area contributed by atoms with Gasteiger partial charge in [0, 0.05) is 0 Å². The van der Waals surface area contributed by atoms with Crippen LogP contribution >= 0.6 is 0 Å². The zero-order valence-electron chi connectivity index (χ0n) is 8.07. The first-order chi connectivity index (χ1) is 5.72. The molecule has 1 aromatic carbocycles. The van der Waals surface area contributed by atoms with Gasteiger partial charge in [-0.05, 0) is 19.1 Å². The molecule has 0 atom stereocenters. The van der Waals surface area contributed by atoms with E-state index < -0.39 is 6.09 Å². The van der Waals surface area contributed by atoms with Gasteiger partial charge in [0.05, 0.1) is 0 Å². The molecular formula is C9H10LiNO2. The van der Waals surface area contributed by atoms with Crippen molar-refractivity contribution in [3.63, 3.8) is 0 Å². The van der Waals surface area contributed by atoms with Gasteiger partial charge < -0.3 is 10.1 Å². The third-order valence-electron chi connectivity index (χ3n) is 1.41. The Morgan fingerprint density at radius 3 is 2.31 bits per heavy atom. The third kappa shape index (κ3) is 4.02. The van der Waals surface area contributed by atoms with Gasteiger partial charge in [0.2, 0.25) is 6.09 Å². The summed E-state index contributed by atoms with van der Waals surface area (Å²) in [5, 5.41) is 3.35. The summed E-state index contributed by atoms with van der Waals surface area (Å²) in [6.45, 7) is 1.97. The minimum absolute atomic E-state index is 0. The Kier molecular flexibility index (Phi) is 5.29. The molecule has 0 aliphatic carbocycles. The second-order valence-electron chi connectivity index (χ2n) is 2.40. The summed E-state index contributed by atoms with van der Waals surface area (Å²) in [6.07, 6.45) is -0.571. The third-order valence-corrected chi connectivity index (χ3v) is 1.41. The molecular weight excluding hydrogens is 161 g/mol. The predicted molar refractivity (Wildman–Crippen MR) is 46.5 cm³/mol. The van der Waals surface area contributed by atoms with Crippen LogP contribution in [0.2, 0.25) is 0 Å². The van der Waals surface area contributed by atoms with Crippen molar-refractivity contribution in [1.82, 2.24) is 0 Å². The molecule has 0 saturated heterocycles. The van der Waals surface area contributed by atoms with Crippen molar-refractivity contribution < 1.29 is 28.4 Å². The van der Waals surface area contributed by atoms with Gasteiger partial charge in [0.1, 0.15) is 5.75 Å². The molecule has 0 spiro atoms. The monoisotopic (exact) mass is 171 g/mol. The molecule has 3 nitrogen and oxygen atoms in total. The molecule has 0 unspecified atom stereocenters. The van der Waals surface area contributed by atoms with Crippen molar-refractivity contribution in [2.75, 3.05) is 7.05 Å². The van der Waals surface area contributed by atoms with Gasteiger partial charge in [-0.25, -0.2) is 0 Å². The molecule has 0 heterocycles. The summed E-state index contributed by atoms with van der Waals surface area (Å²) in [4.78, 5) is 10.7. The van der Waals surface area contributed by atoms with Gasteiger partial charge in [-0.3, -0.25) is 4.79 Å². The Labute approximate surface area is 89.6 Å². The normalized spacial score (nSPS) is 8.46. The van der Waals surface area contributed by atoms with Crippen molar-refractivity contribution in [2.45, 2.75) is 6.92 Å². The fraction of sp³-hybridized carbons (Fsp3) is 0.222. The molecule has 0 aliphatic heterocycles. The maximum atomic E-state index is 10.7. The van der Waals surface area contributed by atoms with E-state index >= 15 is 0 Å². The maximum absolute atomic E-state index is 10.7. The van der Waals surface area contributed by atoms with Gasteiger partial charge >= 0.3 is 18.9 Å². The van der Waals surface area contributed by atoms with Gasteiger partial charge in [0.25, 0.3) is 0 Å². The van der Waals surface area contributed by atoms with Crippen LogP contribution in [0.5, 0.6) is 5.75 Å². The second kappa shape index (κ2) is 5.68. The Balaban J connectivity index is 0.00000144. The van der Waals surface area contributed by atoms with Crippen LogP contribution in [-0.2, 0) is 0 Å². The molecule has 13 heavy (non-hydrogen) atoms. The van der Waals surface area contributed by atoms with Crippen LogP contribution in [-0.4, -0.2) is 13.1 Å². The Morgan fingerprint density at radius 1 is 1.31 bits per heavy atom. The smallest absolute Gasteiger partial charge is 0.619 e. The van der Waals surface area contributed by atoms with Crippen molar-refractivity contribution in [3.05, 3.63) is 35.1 Å². The molecule has 0 N–H and O–H groups in total. The standard InChI is InChI=1S/C9H11NO2.Li/c1-7-3-5-8(6-4-7)12-9(11)10-2;/h3-6H,1-2H3,(H,10,11);/q;+1/p-1. The summed E-state index contributed by atoms with van der Waals surface area (Å²) in [6, 6.07) is 7.22. The molecule has 0 bridgehead atoms. The molecule has 0 fully saturated rings. The summed E-state index contributed by atoms with van der Waals surface area (Å²) < 4.78 is 4.81. The van der Waals surface area contributed by atoms with Crippen LogP contribution in [0.3, 0.4) is 0 Å². The first-order valence-corrected chi connectivity index (χ1v) is 3.60. The maximum Gasteiger partial charge on any atom is 1.00 e. The van der Waals surface area contributed by atoms with Crippen LogP contribution in [0.4, 0.5) is 4.79 Å². The van der Waals surface area contributed by atoms with Crippen molar-refractivity contribution in [1.29, 1.82) is 0 Å². The molecule has 1 amide bonds. The van der Waals surface area contributed by atoms with E-state index in [1.165, 1.54) is 7.05 Å². The molecule has 4 heteroatoms. The summed E-state index contributed by atoms with van der Waals surface area (Å²) in [5.74, 6) is 0.524. The van der Waals surface area contributed by atoms with Crippen LogP contribution in [0, 0.1) is 6.92 Å². The van der Waals surface area contributed by atoms with E-state index in [9.17, 15) is 4.79 Å². The number of aryl methyl sites for hydroxylation is 1. The number of carbonyl (C=O) groups excluding carboxylic acids is 1. The second-order valence-corrected chi connectivity index (χ2v) is 2.40. The topological polar surface area (TPSA) is 40.4 Å². The minimum atomic E-state index is -0.571. The molecule has 0 aromatic heterocycles. The Morgan fingerprint density at radius 2 is 1.85 bits per heavy atom. The number of amides is 1. The SMILES string of the molecule is C[N-]C(=O)Oc1ccc(C)cc1.[Li+]. The predicted octanol–water partition coefficient (Wildman–Crippen LogP) is -0.499. The molecule has 0 aliphatic rings. The number of hydrogen-bond acceptors (Lipinski definition) is 2. The quantitative estimate of drug-likeness (QED) is 0.534. The van der Waals surface area contributed by atoms with Crippen molar-refractivity contribution in [3.8, 4) is 5.75 Å². The molecule has 0 radical (unpaired) electrons. The average molecular weight is 171 g/mol. The van der Waals surface area contributed by atoms with Gasteiger partial charge in [-0.1, -0.05) is 17.7 Å². The first kappa shape index (κ1) is 12.1. The minimum Gasteiger partial charge on any atom is -0.619 e. The van der Waals surface area contributed by atoms with E-state index in [4.69, 9.17) is 4.74 Å². The van der Waals surface area contributed by atoms with Crippen molar-refractivity contribution >= 4 is 6.09 Å². The number of rotatable bonds is 1. The number of nitrogens with zero attached hydrogens (tertiary/aromatic N) is 1. The molecule has 0 saturated carbocycles. The fourth-order valence-corrected chi connectivity index (χ4v) is 0.753. The molecule has 1 aromatic rings. The number of hydrogen-bond donors (Lipinski definition) is 0. The van der Waals surface area contributed by atoms with E-state index in [-0.39, 0.29) is 18.9 Å². The van der Waals surface area contributed by atoms with Gasteiger partial charge in [-0.15, -0.1) is 7.05 Å². The number of ether oxygens (including phenoxy) is 1. The zero-order valence-corrected chi connectivity index (χ0v) is 8.07. The summed E-state index contributed by atoms with van der Waals surface area (Å²) in [5.41, 5.74) is 1.13. The largest absolute Gasteiger partial charge is 1.00 e. The van der Waals surface area contributed by atoms with Gasteiger partial charge in [-0.2, -0.15) is 0 Å². The Bertz CT molecular complexity index is 271. The van der Waals surface area contributed by atoms with E-state index in [2.05, 4.69) is 5.32 Å². The Hall–Kier alpha value is -0.913. The van der Waals surface area contributed by atoms with Crippen LogP contribution in [0.25, 0.3) is 5.32 Å². The van der Waals surface area contributed by atoms with E-state index in [1.54, 1.807) is 12.1 Å². The average Bonchev–Trinajstić information content (AvgIpc) is 2.09. The first-order valence-electron chi connectivity index (χ1n) is 3.60. The van der Waals surface area contributed by atoms with E-state index in [0.717, 1.165) is 5.56 Å². The zero-order chi connectivity index (χ0) is 8.97. The number of carbonyl (C=O) groups is 1. The van der Waals surface area contributed by atoms with Crippen LogP contribution < -0.4 is 23.6 Å². The fourth-order valence-electron chi connectivity index (χ4n) is 0.753. The molecule has 64 valence electrons. The van der Waals surface area contributed by atoms with E-state index in [0.29, 0.717) is 5.75 Å². The number of benzene rings is 1. The van der Waals surface area contributed by atoms with E-state index in [1.807, 2.05) is 19.1 Å². The van der Waals surface area contributed by atoms with Crippen molar-refractivity contribution in [2.24, 2.45) is 0 Å². The molecule has 1 rings (SSSR count). The summed E-state index contributed by atoms with van der Waals surface area (Å²) >= 11 is 0. The van der Waals surface area contributed by atoms with Gasteiger partial charge in [0.15, 0.2) is 0 Å². The summed E-state index contributed by atoms with van der Waals surface area (Å²) in [7, 11) is 1.40. The van der Waals surface area contributed by atoms with Crippen LogP contribution in [0.1, 0.15) is 5.56 Å².